The van der Waals surface area contributed by atoms with Gasteiger partial charge in [0, 0.05) is 18.7 Å². The monoisotopic (exact) mass is 262 g/mol. The van der Waals surface area contributed by atoms with E-state index in [4.69, 9.17) is 18.0 Å². The Labute approximate surface area is 110 Å². The number of carbonyl (C=O) groups is 1. The first-order valence-corrected chi connectivity index (χ1v) is 5.97. The highest BCUT2D eigenvalue weighted by Crippen LogP contribution is 2.03. The van der Waals surface area contributed by atoms with Gasteiger partial charge < -0.3 is 21.7 Å². The predicted octanol–water partition coefficient (Wildman–Crippen LogP) is 0.0644. The van der Waals surface area contributed by atoms with Crippen molar-refractivity contribution in [3.8, 4) is 0 Å². The summed E-state index contributed by atoms with van der Waals surface area (Å²) in [6.45, 7) is 1.56. The van der Waals surface area contributed by atoms with Crippen molar-refractivity contribution in [3.63, 3.8) is 0 Å². The van der Waals surface area contributed by atoms with Gasteiger partial charge in [0.1, 0.15) is 16.5 Å². The molecule has 1 aliphatic heterocycles. The van der Waals surface area contributed by atoms with Gasteiger partial charge in [-0.25, -0.2) is 0 Å². The van der Waals surface area contributed by atoms with Gasteiger partial charge in [0.15, 0.2) is 0 Å². The fourth-order valence-corrected chi connectivity index (χ4v) is 1.79. The molecule has 0 bridgehead atoms. The number of nitrogens with two attached hydrogens (primary N) is 1. The summed E-state index contributed by atoms with van der Waals surface area (Å²) in [5, 5.41) is 8.89. The third-order valence-electron chi connectivity index (χ3n) is 2.50. The van der Waals surface area contributed by atoms with Gasteiger partial charge in [-0.15, -0.1) is 0 Å². The Morgan fingerprint density at radius 1 is 1.22 bits per heavy atom. The second-order valence-corrected chi connectivity index (χ2v) is 4.23. The van der Waals surface area contributed by atoms with Crippen LogP contribution in [0.1, 0.15) is 10.4 Å². The minimum absolute atomic E-state index is 0.149. The minimum atomic E-state index is -0.235. The molecule has 0 aliphatic carbocycles. The van der Waals surface area contributed by atoms with E-state index in [1.165, 1.54) is 0 Å². The SMILES string of the molecule is NC(=S)C(NC(=O)c1ccccc1)=C1NCCN1. The number of nitrogens with one attached hydrogen (secondary N) is 3. The lowest BCUT2D eigenvalue weighted by Crippen LogP contribution is -2.35. The third-order valence-corrected chi connectivity index (χ3v) is 2.70. The Balaban J connectivity index is 2.18. The molecule has 0 radical (unpaired) electrons. The topological polar surface area (TPSA) is 79.2 Å². The number of thiocarbonyl (C=S) groups is 1. The average Bonchev–Trinajstić information content (AvgIpc) is 2.90. The van der Waals surface area contributed by atoms with Crippen molar-refractivity contribution in [2.75, 3.05) is 13.1 Å². The summed E-state index contributed by atoms with van der Waals surface area (Å²) in [4.78, 5) is 12.1. The van der Waals surface area contributed by atoms with Gasteiger partial charge in [0.25, 0.3) is 5.91 Å². The molecule has 1 amide bonds. The normalized spacial score (nSPS) is 13.4. The van der Waals surface area contributed by atoms with E-state index in [2.05, 4.69) is 16.0 Å². The highest BCUT2D eigenvalue weighted by atomic mass is 32.1. The van der Waals surface area contributed by atoms with Crippen molar-refractivity contribution in [2.24, 2.45) is 5.73 Å². The largest absolute Gasteiger partial charge is 0.388 e. The summed E-state index contributed by atoms with van der Waals surface area (Å²) in [6, 6.07) is 8.91. The molecule has 5 N–H and O–H groups in total. The van der Waals surface area contributed by atoms with Gasteiger partial charge in [0.2, 0.25) is 0 Å². The minimum Gasteiger partial charge on any atom is -0.388 e. The quantitative estimate of drug-likeness (QED) is 0.458. The second-order valence-electron chi connectivity index (χ2n) is 3.79. The molecule has 94 valence electrons. The molecule has 1 aliphatic rings. The van der Waals surface area contributed by atoms with E-state index < -0.39 is 0 Å². The molecular weight excluding hydrogens is 248 g/mol. The lowest BCUT2D eigenvalue weighted by molar-refractivity contribution is 0.0967. The van der Waals surface area contributed by atoms with Crippen LogP contribution < -0.4 is 21.7 Å². The van der Waals surface area contributed by atoms with Crippen LogP contribution in [-0.4, -0.2) is 24.0 Å². The molecule has 5 nitrogen and oxygen atoms in total. The van der Waals surface area contributed by atoms with E-state index >= 15 is 0 Å². The maximum Gasteiger partial charge on any atom is 0.255 e. The Hall–Kier alpha value is -2.08. The Kier molecular flexibility index (Phi) is 3.78. The molecule has 1 heterocycles. The summed E-state index contributed by atoms with van der Waals surface area (Å²) in [5.41, 5.74) is 6.61. The molecule has 18 heavy (non-hydrogen) atoms. The Bertz CT molecular complexity index is 490. The Morgan fingerprint density at radius 3 is 2.39 bits per heavy atom. The van der Waals surface area contributed by atoms with E-state index in [0.29, 0.717) is 17.1 Å². The van der Waals surface area contributed by atoms with Gasteiger partial charge in [-0.2, -0.15) is 0 Å². The highest BCUT2D eigenvalue weighted by Gasteiger charge is 2.16. The number of amides is 1. The van der Waals surface area contributed by atoms with Gasteiger partial charge in [0.05, 0.1) is 0 Å². The summed E-state index contributed by atoms with van der Waals surface area (Å²) in [5.74, 6) is 0.438. The summed E-state index contributed by atoms with van der Waals surface area (Å²) in [7, 11) is 0. The smallest absolute Gasteiger partial charge is 0.255 e. The van der Waals surface area contributed by atoms with E-state index in [9.17, 15) is 4.79 Å². The van der Waals surface area contributed by atoms with Crippen LogP contribution in [0.3, 0.4) is 0 Å². The predicted molar refractivity (Wildman–Crippen MR) is 73.7 cm³/mol. The van der Waals surface area contributed by atoms with Crippen molar-refractivity contribution in [2.45, 2.75) is 0 Å². The van der Waals surface area contributed by atoms with E-state index in [1.807, 2.05) is 6.07 Å². The molecule has 0 aromatic heterocycles. The number of carbonyl (C=O) groups excluding carboxylic acids is 1. The Morgan fingerprint density at radius 2 is 1.83 bits per heavy atom. The van der Waals surface area contributed by atoms with Crippen LogP contribution in [0.15, 0.2) is 41.8 Å². The fraction of sp³-hybridized carbons (Fsp3) is 0.167. The van der Waals surface area contributed by atoms with Crippen LogP contribution in [0.4, 0.5) is 0 Å². The fourth-order valence-electron chi connectivity index (χ4n) is 1.64. The summed E-state index contributed by atoms with van der Waals surface area (Å²) < 4.78 is 0. The van der Waals surface area contributed by atoms with Crippen molar-refractivity contribution < 1.29 is 4.79 Å². The van der Waals surface area contributed by atoms with Crippen molar-refractivity contribution >= 4 is 23.1 Å². The molecule has 0 unspecified atom stereocenters. The van der Waals surface area contributed by atoms with Gasteiger partial charge >= 0.3 is 0 Å². The third kappa shape index (κ3) is 2.78. The van der Waals surface area contributed by atoms with Crippen molar-refractivity contribution in [1.82, 2.24) is 16.0 Å². The van der Waals surface area contributed by atoms with Gasteiger partial charge in [-0.1, -0.05) is 30.4 Å². The summed E-state index contributed by atoms with van der Waals surface area (Å²) >= 11 is 4.95. The lowest BCUT2D eigenvalue weighted by atomic mass is 10.2. The molecule has 2 rings (SSSR count). The van der Waals surface area contributed by atoms with E-state index in [0.717, 1.165) is 13.1 Å². The maximum atomic E-state index is 12.0. The molecule has 1 aromatic carbocycles. The van der Waals surface area contributed by atoms with Crippen molar-refractivity contribution in [3.05, 3.63) is 47.4 Å². The first kappa shape index (κ1) is 12.4. The molecule has 0 saturated carbocycles. The zero-order valence-electron chi connectivity index (χ0n) is 9.69. The molecule has 6 heteroatoms. The van der Waals surface area contributed by atoms with E-state index in [-0.39, 0.29) is 10.9 Å². The molecular formula is C12H14N4OS. The van der Waals surface area contributed by atoms with Crippen LogP contribution in [0.5, 0.6) is 0 Å². The second kappa shape index (κ2) is 5.50. The first-order chi connectivity index (χ1) is 8.68. The maximum absolute atomic E-state index is 12.0. The standard InChI is InChI=1S/C12H14N4OS/c13-10(18)9(11-14-6-7-15-11)16-12(17)8-4-2-1-3-5-8/h1-5,14-15H,6-7H2,(H2,13,18)(H,16,17). The van der Waals surface area contributed by atoms with Crippen LogP contribution in [0.2, 0.25) is 0 Å². The zero-order valence-corrected chi connectivity index (χ0v) is 10.5. The number of benzene rings is 1. The average molecular weight is 262 g/mol. The molecule has 1 aromatic rings. The highest BCUT2D eigenvalue weighted by molar-refractivity contribution is 7.80. The molecule has 1 saturated heterocycles. The molecule has 1 fully saturated rings. The van der Waals surface area contributed by atoms with Crippen LogP contribution in [-0.2, 0) is 0 Å². The van der Waals surface area contributed by atoms with Crippen LogP contribution in [0.25, 0.3) is 0 Å². The number of rotatable bonds is 3. The number of hydrogen-bond donors (Lipinski definition) is 4. The van der Waals surface area contributed by atoms with Crippen LogP contribution >= 0.6 is 12.2 Å². The first-order valence-electron chi connectivity index (χ1n) is 5.56. The van der Waals surface area contributed by atoms with Crippen molar-refractivity contribution in [1.29, 1.82) is 0 Å². The molecule has 0 atom stereocenters. The number of hydrogen-bond acceptors (Lipinski definition) is 4. The summed E-state index contributed by atoms with van der Waals surface area (Å²) in [6.07, 6.45) is 0. The van der Waals surface area contributed by atoms with Gasteiger partial charge in [-0.3, -0.25) is 4.79 Å². The van der Waals surface area contributed by atoms with Gasteiger partial charge in [-0.05, 0) is 12.1 Å². The lowest BCUT2D eigenvalue weighted by Gasteiger charge is -2.12. The zero-order chi connectivity index (χ0) is 13.0. The van der Waals surface area contributed by atoms with E-state index in [1.54, 1.807) is 24.3 Å². The van der Waals surface area contributed by atoms with Crippen LogP contribution in [0, 0.1) is 0 Å². The molecule has 0 spiro atoms.